The first-order chi connectivity index (χ1) is 25.8. The van der Waals surface area contributed by atoms with Gasteiger partial charge in [-0.1, -0.05) is 43.2 Å². The molecule has 11 heteroatoms. The first kappa shape index (κ1) is 40.5. The Morgan fingerprint density at radius 2 is 1.20 bits per heavy atom. The molecule has 0 aliphatic carbocycles. The standard InChI is InChI=1S/C22H20FN3O.C21H18FN3O.CH4.ClH/c1-25-11-3-6-19(25)14-26-15-24-21-13-17(9-10-20(21)22(26)27)8-7-16-4-2-5-18(23)12-16;22-17-4-1-3-15(11-17)6-7-16-8-9-19-20(12-16)24-14-25(21(19)26)13-18-5-2-10-23-18;;/h2,4-5,9-10,12-13,15,19H,3,6,11,14H2,1H3;1,3-4,8-9,11-12,14,18,23H,2,5,10,13H2;1H4;1H. The molecule has 2 aliphatic heterocycles. The van der Waals surface area contributed by atoms with Crippen LogP contribution in [0.2, 0.25) is 0 Å². The van der Waals surface area contributed by atoms with Crippen molar-refractivity contribution in [2.75, 3.05) is 20.1 Å². The van der Waals surface area contributed by atoms with Crippen molar-refractivity contribution in [1.29, 1.82) is 0 Å². The van der Waals surface area contributed by atoms with Gasteiger partial charge in [-0.2, -0.15) is 0 Å². The number of hydrogen-bond donors (Lipinski definition) is 1. The van der Waals surface area contributed by atoms with Crippen LogP contribution in [0.1, 0.15) is 55.4 Å². The molecule has 1 N–H and O–H groups in total. The number of hydrogen-bond acceptors (Lipinski definition) is 6. The zero-order chi connectivity index (χ0) is 36.7. The van der Waals surface area contributed by atoms with Gasteiger partial charge in [0.2, 0.25) is 0 Å². The number of halogens is 3. The van der Waals surface area contributed by atoms with Crippen LogP contribution in [0.25, 0.3) is 21.8 Å². The molecule has 2 atom stereocenters. The molecule has 6 aromatic rings. The monoisotopic (exact) mass is 760 g/mol. The first-order valence-electron chi connectivity index (χ1n) is 17.8. The van der Waals surface area contributed by atoms with Gasteiger partial charge in [-0.25, -0.2) is 18.7 Å². The van der Waals surface area contributed by atoms with Crippen LogP contribution in [0, 0.1) is 35.3 Å². The highest BCUT2D eigenvalue weighted by Crippen LogP contribution is 2.17. The summed E-state index contributed by atoms with van der Waals surface area (Å²) in [7, 11) is 2.10. The Bertz CT molecular complexity index is 2540. The maximum Gasteiger partial charge on any atom is 0.261 e. The topological polar surface area (TPSA) is 85.1 Å². The third-order valence-electron chi connectivity index (χ3n) is 9.66. The van der Waals surface area contributed by atoms with E-state index in [9.17, 15) is 18.4 Å². The molecule has 0 saturated carbocycles. The van der Waals surface area contributed by atoms with Crippen molar-refractivity contribution in [2.24, 2.45) is 0 Å². The van der Waals surface area contributed by atoms with E-state index in [1.54, 1.807) is 76.4 Å². The van der Waals surface area contributed by atoms with Crippen LogP contribution in [-0.4, -0.2) is 56.2 Å². The fourth-order valence-corrected chi connectivity index (χ4v) is 6.74. The molecule has 0 radical (unpaired) electrons. The molecule has 0 bridgehead atoms. The first-order valence-corrected chi connectivity index (χ1v) is 17.8. The summed E-state index contributed by atoms with van der Waals surface area (Å²) in [6.45, 7) is 3.39. The highest BCUT2D eigenvalue weighted by Gasteiger charge is 2.22. The molecular weight excluding hydrogens is 718 g/mol. The molecule has 2 aliphatic rings. The smallest absolute Gasteiger partial charge is 0.261 e. The van der Waals surface area contributed by atoms with Gasteiger partial charge >= 0.3 is 0 Å². The van der Waals surface area contributed by atoms with Crippen LogP contribution < -0.4 is 16.4 Å². The number of rotatable bonds is 4. The predicted molar refractivity (Wildman–Crippen MR) is 217 cm³/mol. The number of likely N-dealkylation sites (N-methyl/N-ethyl adjacent to an activating group) is 1. The van der Waals surface area contributed by atoms with Crippen LogP contribution >= 0.6 is 12.4 Å². The average molecular weight is 761 g/mol. The lowest BCUT2D eigenvalue weighted by molar-refractivity contribution is 0.279. The summed E-state index contributed by atoms with van der Waals surface area (Å²) in [6, 6.07) is 23.8. The fourth-order valence-electron chi connectivity index (χ4n) is 6.74. The van der Waals surface area contributed by atoms with Gasteiger partial charge in [0.05, 0.1) is 34.5 Å². The van der Waals surface area contributed by atoms with E-state index in [0.717, 1.165) is 43.5 Å². The minimum atomic E-state index is -0.311. The summed E-state index contributed by atoms with van der Waals surface area (Å²) in [6.07, 6.45) is 7.74. The lowest BCUT2D eigenvalue weighted by Gasteiger charge is -2.20. The zero-order valence-corrected chi connectivity index (χ0v) is 30.6. The normalized spacial score (nSPS) is 16.1. The van der Waals surface area contributed by atoms with Crippen molar-refractivity contribution in [2.45, 2.75) is 58.3 Å². The number of likely N-dealkylation sites (tertiary alicyclic amines) is 1. The third-order valence-corrected chi connectivity index (χ3v) is 9.66. The summed E-state index contributed by atoms with van der Waals surface area (Å²) < 4.78 is 29.8. The average Bonchev–Trinajstić information content (AvgIpc) is 3.84. The molecule has 2 unspecified atom stereocenters. The lowest BCUT2D eigenvalue weighted by Crippen LogP contribution is -2.33. The van der Waals surface area contributed by atoms with Crippen LogP contribution in [0.5, 0.6) is 0 Å². The number of fused-ring (bicyclic) bond motifs is 2. The van der Waals surface area contributed by atoms with E-state index < -0.39 is 0 Å². The van der Waals surface area contributed by atoms with Crippen LogP contribution in [-0.2, 0) is 13.1 Å². The highest BCUT2D eigenvalue weighted by molar-refractivity contribution is 5.85. The zero-order valence-electron chi connectivity index (χ0n) is 29.8. The van der Waals surface area contributed by atoms with E-state index in [0.29, 0.717) is 58.1 Å². The van der Waals surface area contributed by atoms with Gasteiger partial charge in [-0.15, -0.1) is 12.4 Å². The van der Waals surface area contributed by atoms with Crippen LogP contribution in [0.3, 0.4) is 0 Å². The maximum atomic E-state index is 13.2. The molecule has 2 fully saturated rings. The second-order valence-corrected chi connectivity index (χ2v) is 13.5. The second kappa shape index (κ2) is 18.6. The minimum Gasteiger partial charge on any atom is -0.312 e. The predicted octanol–water partition coefficient (Wildman–Crippen LogP) is 6.77. The summed E-state index contributed by atoms with van der Waals surface area (Å²) in [5, 5.41) is 4.57. The Balaban J connectivity index is 0.000000204. The molecular formula is C44H43ClF2N6O2. The van der Waals surface area contributed by atoms with Gasteiger partial charge in [0, 0.05) is 47.4 Å². The Morgan fingerprint density at radius 3 is 1.65 bits per heavy atom. The molecule has 4 aromatic carbocycles. The molecule has 8 rings (SSSR count). The third kappa shape index (κ3) is 10.1. The summed E-state index contributed by atoms with van der Waals surface area (Å²) >= 11 is 0. The second-order valence-electron chi connectivity index (χ2n) is 13.5. The number of nitrogens with one attached hydrogen (secondary N) is 1. The quantitative estimate of drug-likeness (QED) is 0.200. The molecule has 2 aromatic heterocycles. The van der Waals surface area contributed by atoms with Crippen LogP contribution in [0.15, 0.2) is 107 Å². The minimum absolute atomic E-state index is 0. The molecule has 2 saturated heterocycles. The van der Waals surface area contributed by atoms with Gasteiger partial charge in [0.1, 0.15) is 11.6 Å². The van der Waals surface area contributed by atoms with Crippen molar-refractivity contribution in [3.8, 4) is 23.7 Å². The van der Waals surface area contributed by atoms with E-state index in [4.69, 9.17) is 0 Å². The van der Waals surface area contributed by atoms with Gasteiger partial charge in [-0.3, -0.25) is 18.7 Å². The Morgan fingerprint density at radius 1 is 0.691 bits per heavy atom. The van der Waals surface area contributed by atoms with E-state index in [1.807, 2.05) is 6.07 Å². The Kier molecular flexibility index (Phi) is 13.7. The highest BCUT2D eigenvalue weighted by atomic mass is 35.5. The van der Waals surface area contributed by atoms with Gasteiger partial charge < -0.3 is 10.2 Å². The van der Waals surface area contributed by atoms with Crippen molar-refractivity contribution < 1.29 is 8.78 Å². The fraction of sp³-hybridized carbons (Fsp3) is 0.273. The molecule has 8 nitrogen and oxygen atoms in total. The van der Waals surface area contributed by atoms with Crippen molar-refractivity contribution in [3.63, 3.8) is 0 Å². The van der Waals surface area contributed by atoms with Gasteiger partial charge in [-0.05, 0) is 119 Å². The Hall–Kier alpha value is -5.65. The number of nitrogens with zero attached hydrogens (tertiary/aromatic N) is 5. The van der Waals surface area contributed by atoms with Crippen LogP contribution in [0.4, 0.5) is 8.78 Å². The van der Waals surface area contributed by atoms with Crippen molar-refractivity contribution in [3.05, 3.63) is 152 Å². The Labute approximate surface area is 325 Å². The summed E-state index contributed by atoms with van der Waals surface area (Å²) in [4.78, 5) is 36.6. The SMILES string of the molecule is C.CN1CCCC1Cn1cnc2cc(C#Cc3cccc(F)c3)ccc2c1=O.Cl.O=c1c2ccc(C#Cc3cccc(F)c3)cc2ncn1CC1CCCN1. The number of aromatic nitrogens is 4. The van der Waals surface area contributed by atoms with Crippen molar-refractivity contribution >= 4 is 34.2 Å². The molecule has 0 spiro atoms. The maximum absolute atomic E-state index is 13.2. The molecule has 282 valence electrons. The molecule has 4 heterocycles. The molecule has 55 heavy (non-hydrogen) atoms. The largest absolute Gasteiger partial charge is 0.312 e. The van der Waals surface area contributed by atoms with Crippen molar-refractivity contribution in [1.82, 2.24) is 29.3 Å². The lowest BCUT2D eigenvalue weighted by atomic mass is 10.1. The van der Waals surface area contributed by atoms with E-state index in [1.165, 1.54) is 30.7 Å². The van der Waals surface area contributed by atoms with E-state index in [-0.39, 0.29) is 42.6 Å². The van der Waals surface area contributed by atoms with Gasteiger partial charge in [0.15, 0.2) is 0 Å². The summed E-state index contributed by atoms with van der Waals surface area (Å²) in [5.41, 5.74) is 3.89. The van der Waals surface area contributed by atoms with E-state index >= 15 is 0 Å². The van der Waals surface area contributed by atoms with E-state index in [2.05, 4.69) is 50.9 Å². The number of benzene rings is 4. The van der Waals surface area contributed by atoms with Gasteiger partial charge in [0.25, 0.3) is 11.1 Å². The molecule has 0 amide bonds. The summed E-state index contributed by atoms with van der Waals surface area (Å²) in [5.74, 6) is 11.3.